The van der Waals surface area contributed by atoms with Crippen LogP contribution >= 0.6 is 0 Å². The van der Waals surface area contributed by atoms with E-state index in [1.165, 1.54) is 0 Å². The van der Waals surface area contributed by atoms with Crippen molar-refractivity contribution >= 4 is 17.7 Å². The normalized spacial score (nSPS) is 10.1. The maximum absolute atomic E-state index is 11.8. The predicted molar refractivity (Wildman–Crippen MR) is 81.6 cm³/mol. The Morgan fingerprint density at radius 1 is 1.27 bits per heavy atom. The third kappa shape index (κ3) is 4.08. The van der Waals surface area contributed by atoms with E-state index >= 15 is 0 Å². The molecule has 0 unspecified atom stereocenters. The van der Waals surface area contributed by atoms with Crippen molar-refractivity contribution in [2.45, 2.75) is 20.4 Å². The summed E-state index contributed by atoms with van der Waals surface area (Å²) in [6.45, 7) is 4.32. The van der Waals surface area contributed by atoms with Gasteiger partial charge in [-0.05, 0) is 38.1 Å². The number of urea groups is 1. The van der Waals surface area contributed by atoms with E-state index in [0.29, 0.717) is 24.4 Å². The number of anilines is 1. The second kappa shape index (κ2) is 7.26. The number of hydrogen-bond acceptors (Lipinski definition) is 4. The Morgan fingerprint density at radius 3 is 2.59 bits per heavy atom. The highest BCUT2D eigenvalue weighted by atomic mass is 16.5. The van der Waals surface area contributed by atoms with Crippen LogP contribution in [0.25, 0.3) is 0 Å². The van der Waals surface area contributed by atoms with E-state index in [2.05, 4.69) is 20.8 Å². The SMILES string of the molecule is CCOC(=O)c1ccc(NC(=O)NCc2c[nH]nc2C)cc1. The van der Waals surface area contributed by atoms with Gasteiger partial charge in [-0.3, -0.25) is 5.10 Å². The number of esters is 1. The fourth-order valence-corrected chi connectivity index (χ4v) is 1.82. The summed E-state index contributed by atoms with van der Waals surface area (Å²) >= 11 is 0. The molecule has 0 spiro atoms. The second-order valence-corrected chi connectivity index (χ2v) is 4.60. The van der Waals surface area contributed by atoms with Gasteiger partial charge in [-0.15, -0.1) is 0 Å². The Morgan fingerprint density at radius 2 is 2.00 bits per heavy atom. The Balaban J connectivity index is 1.86. The highest BCUT2D eigenvalue weighted by molar-refractivity contribution is 5.92. The van der Waals surface area contributed by atoms with Crippen molar-refractivity contribution in [3.8, 4) is 0 Å². The molecule has 3 N–H and O–H groups in total. The molecule has 1 aromatic carbocycles. The maximum atomic E-state index is 11.8. The second-order valence-electron chi connectivity index (χ2n) is 4.60. The predicted octanol–water partition coefficient (Wildman–Crippen LogP) is 2.22. The largest absolute Gasteiger partial charge is 0.462 e. The molecule has 2 rings (SSSR count). The van der Waals surface area contributed by atoms with E-state index in [-0.39, 0.29) is 12.0 Å². The third-order valence-electron chi connectivity index (χ3n) is 3.03. The monoisotopic (exact) mass is 302 g/mol. The first-order valence-electron chi connectivity index (χ1n) is 6.91. The van der Waals surface area contributed by atoms with Crippen LogP contribution in [0.2, 0.25) is 0 Å². The smallest absolute Gasteiger partial charge is 0.338 e. The molecule has 0 aliphatic heterocycles. The molecule has 116 valence electrons. The molecule has 0 atom stereocenters. The lowest BCUT2D eigenvalue weighted by Crippen LogP contribution is -2.28. The highest BCUT2D eigenvalue weighted by Crippen LogP contribution is 2.10. The lowest BCUT2D eigenvalue weighted by Gasteiger charge is -2.08. The summed E-state index contributed by atoms with van der Waals surface area (Å²) in [7, 11) is 0. The van der Waals surface area contributed by atoms with Crippen molar-refractivity contribution in [3.05, 3.63) is 47.3 Å². The molecular formula is C15H18N4O3. The fraction of sp³-hybridized carbons (Fsp3) is 0.267. The summed E-state index contributed by atoms with van der Waals surface area (Å²) < 4.78 is 4.89. The summed E-state index contributed by atoms with van der Waals surface area (Å²) in [6.07, 6.45) is 1.74. The van der Waals surface area contributed by atoms with Crippen molar-refractivity contribution in [1.82, 2.24) is 15.5 Å². The zero-order valence-corrected chi connectivity index (χ0v) is 12.5. The average Bonchev–Trinajstić information content (AvgIpc) is 2.91. The van der Waals surface area contributed by atoms with Crippen LogP contribution < -0.4 is 10.6 Å². The van der Waals surface area contributed by atoms with Gasteiger partial charge in [0.2, 0.25) is 0 Å². The Bertz CT molecular complexity index is 649. The number of amides is 2. The molecule has 2 amide bonds. The lowest BCUT2D eigenvalue weighted by atomic mass is 10.2. The minimum Gasteiger partial charge on any atom is -0.462 e. The van der Waals surface area contributed by atoms with Crippen molar-refractivity contribution in [1.29, 1.82) is 0 Å². The highest BCUT2D eigenvalue weighted by Gasteiger charge is 2.07. The van der Waals surface area contributed by atoms with Gasteiger partial charge < -0.3 is 15.4 Å². The maximum Gasteiger partial charge on any atom is 0.338 e. The molecule has 7 nitrogen and oxygen atoms in total. The molecular weight excluding hydrogens is 284 g/mol. The van der Waals surface area contributed by atoms with Gasteiger partial charge >= 0.3 is 12.0 Å². The van der Waals surface area contributed by atoms with Crippen molar-refractivity contribution in [2.24, 2.45) is 0 Å². The van der Waals surface area contributed by atoms with Gasteiger partial charge in [-0.25, -0.2) is 9.59 Å². The van der Waals surface area contributed by atoms with Crippen LogP contribution in [0.3, 0.4) is 0 Å². The molecule has 1 aromatic heterocycles. The molecule has 0 aliphatic rings. The van der Waals surface area contributed by atoms with E-state index in [4.69, 9.17) is 4.74 Å². The minimum absolute atomic E-state index is 0.328. The first-order valence-corrected chi connectivity index (χ1v) is 6.91. The van der Waals surface area contributed by atoms with Crippen LogP contribution in [0, 0.1) is 6.92 Å². The Hall–Kier alpha value is -2.83. The molecule has 0 bridgehead atoms. The fourth-order valence-electron chi connectivity index (χ4n) is 1.82. The number of hydrogen-bond donors (Lipinski definition) is 3. The van der Waals surface area contributed by atoms with Gasteiger partial charge in [-0.1, -0.05) is 0 Å². The standard InChI is InChI=1S/C15H18N4O3/c1-3-22-14(20)11-4-6-13(7-5-11)18-15(21)16-8-12-9-17-19-10(12)2/h4-7,9H,3,8H2,1-2H3,(H,17,19)(H2,16,18,21). The van der Waals surface area contributed by atoms with E-state index in [0.717, 1.165) is 11.3 Å². The molecule has 0 saturated heterocycles. The quantitative estimate of drug-likeness (QED) is 0.738. The molecule has 0 saturated carbocycles. The summed E-state index contributed by atoms with van der Waals surface area (Å²) in [5.41, 5.74) is 2.81. The zero-order chi connectivity index (χ0) is 15.9. The molecule has 1 heterocycles. The summed E-state index contributed by atoms with van der Waals surface area (Å²) in [5, 5.41) is 12.1. The molecule has 2 aromatic rings. The molecule has 0 fully saturated rings. The summed E-state index contributed by atoms with van der Waals surface area (Å²) in [5.74, 6) is -0.381. The lowest BCUT2D eigenvalue weighted by molar-refractivity contribution is 0.0526. The van der Waals surface area contributed by atoms with Crippen LogP contribution in [0.4, 0.5) is 10.5 Å². The van der Waals surface area contributed by atoms with Gasteiger partial charge in [0.15, 0.2) is 0 Å². The Labute approximate surface area is 128 Å². The average molecular weight is 302 g/mol. The van der Waals surface area contributed by atoms with Crippen molar-refractivity contribution in [2.75, 3.05) is 11.9 Å². The van der Waals surface area contributed by atoms with Crippen LogP contribution in [-0.4, -0.2) is 28.8 Å². The van der Waals surface area contributed by atoms with Crippen LogP contribution in [0.15, 0.2) is 30.5 Å². The van der Waals surface area contributed by atoms with E-state index < -0.39 is 0 Å². The van der Waals surface area contributed by atoms with Crippen molar-refractivity contribution in [3.63, 3.8) is 0 Å². The molecule has 0 radical (unpaired) electrons. The number of carbonyl (C=O) groups excluding carboxylic acids is 2. The van der Waals surface area contributed by atoms with Crippen LogP contribution in [-0.2, 0) is 11.3 Å². The van der Waals surface area contributed by atoms with Gasteiger partial charge in [0.1, 0.15) is 0 Å². The zero-order valence-electron chi connectivity index (χ0n) is 12.5. The number of ether oxygens (including phenoxy) is 1. The Kier molecular flexibility index (Phi) is 5.13. The summed E-state index contributed by atoms with van der Waals surface area (Å²) in [4.78, 5) is 23.3. The van der Waals surface area contributed by atoms with Gasteiger partial charge in [0, 0.05) is 24.0 Å². The number of rotatable bonds is 5. The summed E-state index contributed by atoms with van der Waals surface area (Å²) in [6, 6.07) is 6.18. The minimum atomic E-state index is -0.381. The van der Waals surface area contributed by atoms with Gasteiger partial charge in [0.05, 0.1) is 17.9 Å². The van der Waals surface area contributed by atoms with E-state index in [1.807, 2.05) is 6.92 Å². The number of benzene rings is 1. The van der Waals surface area contributed by atoms with Gasteiger partial charge in [-0.2, -0.15) is 5.10 Å². The molecule has 0 aliphatic carbocycles. The number of nitrogens with zero attached hydrogens (tertiary/aromatic N) is 1. The number of nitrogens with one attached hydrogen (secondary N) is 3. The number of aromatic amines is 1. The third-order valence-corrected chi connectivity index (χ3v) is 3.03. The van der Waals surface area contributed by atoms with Crippen molar-refractivity contribution < 1.29 is 14.3 Å². The first-order chi connectivity index (χ1) is 10.6. The number of carbonyl (C=O) groups is 2. The number of aromatic nitrogens is 2. The molecule has 7 heteroatoms. The van der Waals surface area contributed by atoms with Gasteiger partial charge in [0.25, 0.3) is 0 Å². The number of aryl methyl sites for hydroxylation is 1. The molecule has 22 heavy (non-hydrogen) atoms. The first kappa shape index (κ1) is 15.6. The number of H-pyrrole nitrogens is 1. The van der Waals surface area contributed by atoms with E-state index in [9.17, 15) is 9.59 Å². The van der Waals surface area contributed by atoms with E-state index in [1.54, 1.807) is 37.4 Å². The topological polar surface area (TPSA) is 96.1 Å². The van der Waals surface area contributed by atoms with Crippen LogP contribution in [0.5, 0.6) is 0 Å². The van der Waals surface area contributed by atoms with Crippen LogP contribution in [0.1, 0.15) is 28.5 Å².